The molecule has 0 aliphatic heterocycles. The van der Waals surface area contributed by atoms with Crippen molar-refractivity contribution in [3.8, 4) is 0 Å². The number of nitrogens with one attached hydrogen (secondary N) is 3. The third-order valence-electron chi connectivity index (χ3n) is 3.72. The van der Waals surface area contributed by atoms with Crippen LogP contribution in [0.5, 0.6) is 0 Å². The second-order valence-corrected chi connectivity index (χ2v) is 5.78. The van der Waals surface area contributed by atoms with Crippen LogP contribution in [-0.4, -0.2) is 24.3 Å². The number of primary amides is 1. The summed E-state index contributed by atoms with van der Waals surface area (Å²) >= 11 is 0. The van der Waals surface area contributed by atoms with Crippen LogP contribution in [0.1, 0.15) is 29.3 Å². The maximum atomic E-state index is 12.1. The Hall–Kier alpha value is -3.35. The molecule has 0 bridgehead atoms. The topological polar surface area (TPSA) is 113 Å². The second-order valence-electron chi connectivity index (χ2n) is 5.78. The molecule has 3 amide bonds. The quantitative estimate of drug-likeness (QED) is 0.612. The van der Waals surface area contributed by atoms with Crippen LogP contribution in [-0.2, 0) is 9.59 Å². The first-order valence-electron chi connectivity index (χ1n) is 8.23. The second kappa shape index (κ2) is 8.66. The first-order chi connectivity index (χ1) is 12.4. The molecule has 0 atom stereocenters. The third-order valence-corrected chi connectivity index (χ3v) is 3.72. The lowest BCUT2D eigenvalue weighted by Gasteiger charge is -2.12. The molecule has 0 unspecified atom stereocenters. The van der Waals surface area contributed by atoms with E-state index in [1.54, 1.807) is 43.3 Å². The summed E-state index contributed by atoms with van der Waals surface area (Å²) in [5, 5.41) is 8.50. The summed E-state index contributed by atoms with van der Waals surface area (Å²) in [6.07, 6.45) is 0.379. The molecule has 0 saturated carbocycles. The van der Waals surface area contributed by atoms with Crippen LogP contribution in [0.25, 0.3) is 0 Å². The van der Waals surface area contributed by atoms with E-state index in [4.69, 9.17) is 5.73 Å². The fraction of sp³-hybridized carbons (Fsp3) is 0.211. The van der Waals surface area contributed by atoms with E-state index in [1.165, 1.54) is 0 Å². The monoisotopic (exact) mass is 354 g/mol. The van der Waals surface area contributed by atoms with Gasteiger partial charge in [0.15, 0.2) is 0 Å². The minimum atomic E-state index is -0.528. The van der Waals surface area contributed by atoms with Gasteiger partial charge in [-0.15, -0.1) is 0 Å². The summed E-state index contributed by atoms with van der Waals surface area (Å²) in [6.45, 7) is 3.67. The van der Waals surface area contributed by atoms with Crippen molar-refractivity contribution in [2.75, 3.05) is 22.5 Å². The van der Waals surface area contributed by atoms with Crippen LogP contribution in [0.2, 0.25) is 0 Å². The number of hydrogen-bond acceptors (Lipinski definition) is 4. The molecule has 0 aliphatic rings. The Kier molecular flexibility index (Phi) is 6.32. The fourth-order valence-electron chi connectivity index (χ4n) is 2.24. The van der Waals surface area contributed by atoms with E-state index in [9.17, 15) is 14.4 Å². The van der Waals surface area contributed by atoms with Crippen LogP contribution in [0.15, 0.2) is 42.5 Å². The standard InChI is InChI=1S/C19H22N4O3/c1-3-17(24)23-16-10-15(8-7-12(16)2)22-18(25)11-21-14-6-4-5-13(9-14)19(20)26/h4-10,21H,3,11H2,1-2H3,(H2,20,26)(H,22,25)(H,23,24). The average Bonchev–Trinajstić information content (AvgIpc) is 2.63. The van der Waals surface area contributed by atoms with Gasteiger partial charge in [0, 0.05) is 29.0 Å². The number of aryl methyl sites for hydroxylation is 1. The Morgan fingerprint density at radius 2 is 1.73 bits per heavy atom. The molecule has 0 saturated heterocycles. The number of rotatable bonds is 7. The molecule has 0 aliphatic carbocycles. The molecule has 136 valence electrons. The molecule has 0 aromatic heterocycles. The van der Waals surface area contributed by atoms with Crippen molar-refractivity contribution in [2.45, 2.75) is 20.3 Å². The molecule has 0 radical (unpaired) electrons. The van der Waals surface area contributed by atoms with Crippen molar-refractivity contribution in [1.29, 1.82) is 0 Å². The lowest BCUT2D eigenvalue weighted by molar-refractivity contribution is -0.116. The maximum Gasteiger partial charge on any atom is 0.248 e. The van der Waals surface area contributed by atoms with E-state index in [-0.39, 0.29) is 18.4 Å². The van der Waals surface area contributed by atoms with Crippen molar-refractivity contribution in [2.24, 2.45) is 5.73 Å². The van der Waals surface area contributed by atoms with Gasteiger partial charge < -0.3 is 21.7 Å². The Balaban J connectivity index is 1.97. The predicted octanol–water partition coefficient (Wildman–Crippen LogP) is 2.49. The molecule has 0 heterocycles. The van der Waals surface area contributed by atoms with E-state index in [0.29, 0.717) is 29.0 Å². The van der Waals surface area contributed by atoms with Crippen LogP contribution in [0, 0.1) is 6.92 Å². The molecule has 2 rings (SSSR count). The van der Waals surface area contributed by atoms with Gasteiger partial charge >= 0.3 is 0 Å². The van der Waals surface area contributed by atoms with Crippen molar-refractivity contribution in [3.05, 3.63) is 53.6 Å². The Morgan fingerprint density at radius 3 is 2.42 bits per heavy atom. The summed E-state index contributed by atoms with van der Waals surface area (Å²) in [5.74, 6) is -0.877. The van der Waals surface area contributed by atoms with E-state index < -0.39 is 5.91 Å². The highest BCUT2D eigenvalue weighted by Crippen LogP contribution is 2.20. The molecule has 7 nitrogen and oxygen atoms in total. The zero-order chi connectivity index (χ0) is 19.1. The van der Waals surface area contributed by atoms with Crippen molar-refractivity contribution < 1.29 is 14.4 Å². The Bertz CT molecular complexity index is 833. The minimum absolute atomic E-state index is 0.0206. The molecular formula is C19H22N4O3. The molecular weight excluding hydrogens is 332 g/mol. The Labute approximate surface area is 152 Å². The molecule has 2 aromatic rings. The van der Waals surface area contributed by atoms with E-state index in [2.05, 4.69) is 16.0 Å². The molecule has 0 spiro atoms. The molecule has 0 fully saturated rings. The summed E-state index contributed by atoms with van der Waals surface area (Å²) in [5.41, 5.74) is 8.38. The van der Waals surface area contributed by atoms with Crippen LogP contribution in [0.4, 0.5) is 17.1 Å². The van der Waals surface area contributed by atoms with Gasteiger partial charge in [0.1, 0.15) is 0 Å². The van der Waals surface area contributed by atoms with Gasteiger partial charge in [-0.1, -0.05) is 19.1 Å². The zero-order valence-electron chi connectivity index (χ0n) is 14.8. The summed E-state index contributed by atoms with van der Waals surface area (Å²) in [7, 11) is 0. The first-order valence-corrected chi connectivity index (χ1v) is 8.23. The lowest BCUT2D eigenvalue weighted by atomic mass is 10.1. The van der Waals surface area contributed by atoms with E-state index in [0.717, 1.165) is 5.56 Å². The van der Waals surface area contributed by atoms with Crippen LogP contribution in [0.3, 0.4) is 0 Å². The van der Waals surface area contributed by atoms with Gasteiger partial charge in [0.05, 0.1) is 6.54 Å². The molecule has 2 aromatic carbocycles. The first kappa shape index (κ1) is 19.0. The number of amides is 3. The third kappa shape index (κ3) is 5.34. The van der Waals surface area contributed by atoms with Gasteiger partial charge in [-0.3, -0.25) is 14.4 Å². The summed E-state index contributed by atoms with van der Waals surface area (Å²) in [4.78, 5) is 34.9. The molecule has 26 heavy (non-hydrogen) atoms. The molecule has 5 N–H and O–H groups in total. The van der Waals surface area contributed by atoms with Crippen molar-refractivity contribution in [1.82, 2.24) is 0 Å². The minimum Gasteiger partial charge on any atom is -0.376 e. The van der Waals surface area contributed by atoms with Gasteiger partial charge in [0.2, 0.25) is 17.7 Å². The van der Waals surface area contributed by atoms with Crippen molar-refractivity contribution in [3.63, 3.8) is 0 Å². The lowest BCUT2D eigenvalue weighted by Crippen LogP contribution is -2.22. The van der Waals surface area contributed by atoms with E-state index in [1.807, 2.05) is 13.0 Å². The highest BCUT2D eigenvalue weighted by atomic mass is 16.2. The van der Waals surface area contributed by atoms with Crippen LogP contribution >= 0.6 is 0 Å². The highest BCUT2D eigenvalue weighted by Gasteiger charge is 2.07. The Morgan fingerprint density at radius 1 is 0.962 bits per heavy atom. The predicted molar refractivity (Wildman–Crippen MR) is 102 cm³/mol. The smallest absolute Gasteiger partial charge is 0.248 e. The SMILES string of the molecule is CCC(=O)Nc1cc(NC(=O)CNc2cccc(C(N)=O)c2)ccc1C. The van der Waals surface area contributed by atoms with Gasteiger partial charge in [0.25, 0.3) is 0 Å². The number of nitrogens with two attached hydrogens (primary N) is 1. The zero-order valence-corrected chi connectivity index (χ0v) is 14.8. The van der Waals surface area contributed by atoms with Gasteiger partial charge in [-0.25, -0.2) is 0 Å². The summed E-state index contributed by atoms with van der Waals surface area (Å²) < 4.78 is 0. The maximum absolute atomic E-state index is 12.1. The number of anilines is 3. The largest absolute Gasteiger partial charge is 0.376 e. The van der Waals surface area contributed by atoms with E-state index >= 15 is 0 Å². The normalized spacial score (nSPS) is 10.1. The number of carbonyl (C=O) groups excluding carboxylic acids is 3. The van der Waals surface area contributed by atoms with Crippen molar-refractivity contribution >= 4 is 34.8 Å². The average molecular weight is 354 g/mol. The number of hydrogen-bond donors (Lipinski definition) is 4. The highest BCUT2D eigenvalue weighted by molar-refractivity contribution is 5.97. The van der Waals surface area contributed by atoms with Gasteiger partial charge in [-0.05, 0) is 42.8 Å². The summed E-state index contributed by atoms with van der Waals surface area (Å²) in [6, 6.07) is 11.9. The fourth-order valence-corrected chi connectivity index (χ4v) is 2.24. The van der Waals surface area contributed by atoms with Crippen LogP contribution < -0.4 is 21.7 Å². The number of carbonyl (C=O) groups is 3. The van der Waals surface area contributed by atoms with Gasteiger partial charge in [-0.2, -0.15) is 0 Å². The number of benzene rings is 2. The molecule has 7 heteroatoms.